The highest BCUT2D eigenvalue weighted by molar-refractivity contribution is 7.80. The van der Waals surface area contributed by atoms with Crippen molar-refractivity contribution in [2.75, 3.05) is 45.7 Å². The predicted molar refractivity (Wildman–Crippen MR) is 75.8 cm³/mol. The van der Waals surface area contributed by atoms with Crippen molar-refractivity contribution in [3.63, 3.8) is 0 Å². The Morgan fingerprint density at radius 3 is 3.00 bits per heavy atom. The number of thiocarbonyl (C=S) groups is 1. The molecule has 0 fully saturated rings. The van der Waals surface area contributed by atoms with Gasteiger partial charge in [-0.05, 0) is 13.1 Å². The van der Waals surface area contributed by atoms with Crippen LogP contribution in [-0.2, 0) is 4.74 Å². The molecule has 1 aromatic heterocycles. The van der Waals surface area contributed by atoms with Gasteiger partial charge in [0.15, 0.2) is 0 Å². The molecule has 0 bridgehead atoms. The zero-order valence-electron chi connectivity index (χ0n) is 10.7. The molecule has 1 aromatic rings. The van der Waals surface area contributed by atoms with Crippen LogP contribution >= 0.6 is 12.2 Å². The molecule has 0 aromatic carbocycles. The average molecular weight is 269 g/mol. The molecule has 7 heteroatoms. The highest BCUT2D eigenvalue weighted by Crippen LogP contribution is 1.99. The van der Waals surface area contributed by atoms with Gasteiger partial charge in [0.1, 0.15) is 10.7 Å². The molecule has 0 amide bonds. The van der Waals surface area contributed by atoms with E-state index in [9.17, 15) is 0 Å². The molecule has 0 radical (unpaired) electrons. The standard InChI is InChI=1S/C11H19N5OS/c1-16(7-8-17-2)6-5-14-11-13-4-3-9(15-11)10(12)18/h3-4H,5-8H2,1-2H3,(H2,12,18)(H,13,14,15). The van der Waals surface area contributed by atoms with Gasteiger partial charge in [0, 0.05) is 32.9 Å². The molecular weight excluding hydrogens is 250 g/mol. The molecule has 0 saturated carbocycles. The number of rotatable bonds is 8. The summed E-state index contributed by atoms with van der Waals surface area (Å²) in [5.74, 6) is 0.542. The van der Waals surface area contributed by atoms with Crippen molar-refractivity contribution in [3.8, 4) is 0 Å². The van der Waals surface area contributed by atoms with Crippen molar-refractivity contribution in [1.82, 2.24) is 14.9 Å². The van der Waals surface area contributed by atoms with Crippen molar-refractivity contribution in [1.29, 1.82) is 0 Å². The third kappa shape index (κ3) is 5.35. The van der Waals surface area contributed by atoms with E-state index in [4.69, 9.17) is 22.7 Å². The van der Waals surface area contributed by atoms with Gasteiger partial charge >= 0.3 is 0 Å². The van der Waals surface area contributed by atoms with Crippen molar-refractivity contribution in [3.05, 3.63) is 18.0 Å². The Morgan fingerprint density at radius 2 is 2.33 bits per heavy atom. The quantitative estimate of drug-likeness (QED) is 0.648. The summed E-state index contributed by atoms with van der Waals surface area (Å²) in [4.78, 5) is 10.7. The number of anilines is 1. The third-order valence-corrected chi connectivity index (χ3v) is 2.57. The average Bonchev–Trinajstić information content (AvgIpc) is 2.36. The van der Waals surface area contributed by atoms with Gasteiger partial charge in [0.05, 0.1) is 6.61 Å². The van der Waals surface area contributed by atoms with Crippen molar-refractivity contribution < 1.29 is 4.74 Å². The van der Waals surface area contributed by atoms with E-state index in [0.717, 1.165) is 26.2 Å². The van der Waals surface area contributed by atoms with Gasteiger partial charge in [0.25, 0.3) is 0 Å². The number of aromatic nitrogens is 2. The van der Waals surface area contributed by atoms with Crippen LogP contribution in [-0.4, -0.2) is 60.3 Å². The molecule has 0 atom stereocenters. The smallest absolute Gasteiger partial charge is 0.223 e. The molecule has 100 valence electrons. The maximum atomic E-state index is 5.51. The normalized spacial score (nSPS) is 10.6. The van der Waals surface area contributed by atoms with E-state index in [-0.39, 0.29) is 4.99 Å². The monoisotopic (exact) mass is 269 g/mol. The first-order valence-corrected chi connectivity index (χ1v) is 6.08. The van der Waals surface area contributed by atoms with Crippen LogP contribution in [0.4, 0.5) is 5.95 Å². The Labute approximate surface area is 113 Å². The second-order valence-corrected chi connectivity index (χ2v) is 4.29. The molecule has 3 N–H and O–H groups in total. The molecule has 0 aliphatic rings. The summed E-state index contributed by atoms with van der Waals surface area (Å²) >= 11 is 4.86. The van der Waals surface area contributed by atoms with Gasteiger partial charge in [-0.1, -0.05) is 12.2 Å². The fraction of sp³-hybridized carbons (Fsp3) is 0.545. The van der Waals surface area contributed by atoms with Crippen LogP contribution in [0.2, 0.25) is 0 Å². The zero-order valence-corrected chi connectivity index (χ0v) is 11.5. The predicted octanol–water partition coefficient (Wildman–Crippen LogP) is 0.101. The molecule has 1 heterocycles. The summed E-state index contributed by atoms with van der Waals surface area (Å²) in [7, 11) is 3.73. The molecular formula is C11H19N5OS. The Morgan fingerprint density at radius 1 is 1.56 bits per heavy atom. The first kappa shape index (κ1) is 14.7. The third-order valence-electron chi connectivity index (χ3n) is 2.36. The molecule has 0 aliphatic carbocycles. The van der Waals surface area contributed by atoms with Gasteiger partial charge in [-0.15, -0.1) is 0 Å². The summed E-state index contributed by atoms with van der Waals surface area (Å²) in [5.41, 5.74) is 6.08. The van der Waals surface area contributed by atoms with Gasteiger partial charge in [-0.3, -0.25) is 0 Å². The highest BCUT2D eigenvalue weighted by atomic mass is 32.1. The summed E-state index contributed by atoms with van der Waals surface area (Å²) in [6, 6.07) is 1.69. The second kappa shape index (κ2) is 7.91. The van der Waals surface area contributed by atoms with Crippen molar-refractivity contribution in [2.45, 2.75) is 0 Å². The molecule has 0 spiro atoms. The number of ether oxygens (including phenoxy) is 1. The number of methoxy groups -OCH3 is 1. The van der Waals surface area contributed by atoms with Gasteiger partial charge in [-0.25, -0.2) is 9.97 Å². The lowest BCUT2D eigenvalue weighted by atomic mass is 10.4. The minimum absolute atomic E-state index is 0.276. The number of nitrogens with one attached hydrogen (secondary N) is 1. The Hall–Kier alpha value is -1.31. The van der Waals surface area contributed by atoms with E-state index in [0.29, 0.717) is 11.6 Å². The minimum Gasteiger partial charge on any atom is -0.388 e. The summed E-state index contributed by atoms with van der Waals surface area (Å²) < 4.78 is 5.00. The maximum Gasteiger partial charge on any atom is 0.223 e. The van der Waals surface area contributed by atoms with Gasteiger partial charge in [0.2, 0.25) is 5.95 Å². The van der Waals surface area contributed by atoms with Crippen LogP contribution in [0, 0.1) is 0 Å². The number of likely N-dealkylation sites (N-methyl/N-ethyl adjacent to an activating group) is 1. The fourth-order valence-electron chi connectivity index (χ4n) is 1.30. The van der Waals surface area contributed by atoms with Crippen LogP contribution in [0.5, 0.6) is 0 Å². The van der Waals surface area contributed by atoms with Gasteiger partial charge < -0.3 is 20.7 Å². The number of hydrogen-bond acceptors (Lipinski definition) is 6. The first-order valence-electron chi connectivity index (χ1n) is 5.67. The largest absolute Gasteiger partial charge is 0.388 e. The lowest BCUT2D eigenvalue weighted by molar-refractivity contribution is 0.163. The van der Waals surface area contributed by atoms with E-state index in [2.05, 4.69) is 20.2 Å². The Balaban J connectivity index is 2.35. The molecule has 0 unspecified atom stereocenters. The fourth-order valence-corrected chi connectivity index (χ4v) is 1.41. The van der Waals surface area contributed by atoms with Crippen LogP contribution < -0.4 is 11.1 Å². The van der Waals surface area contributed by atoms with Crippen LogP contribution in [0.3, 0.4) is 0 Å². The lowest BCUT2D eigenvalue weighted by Gasteiger charge is -2.16. The Bertz CT molecular complexity index is 387. The van der Waals surface area contributed by atoms with Crippen LogP contribution in [0.15, 0.2) is 12.3 Å². The van der Waals surface area contributed by atoms with E-state index in [1.807, 2.05) is 7.05 Å². The zero-order chi connectivity index (χ0) is 13.4. The van der Waals surface area contributed by atoms with Gasteiger partial charge in [-0.2, -0.15) is 0 Å². The second-order valence-electron chi connectivity index (χ2n) is 3.85. The van der Waals surface area contributed by atoms with Crippen molar-refractivity contribution >= 4 is 23.2 Å². The number of nitrogens with two attached hydrogens (primary N) is 1. The van der Waals surface area contributed by atoms with E-state index in [1.54, 1.807) is 19.4 Å². The number of hydrogen-bond donors (Lipinski definition) is 2. The molecule has 6 nitrogen and oxygen atoms in total. The first-order chi connectivity index (χ1) is 8.63. The highest BCUT2D eigenvalue weighted by Gasteiger charge is 2.02. The van der Waals surface area contributed by atoms with E-state index in [1.165, 1.54) is 0 Å². The van der Waals surface area contributed by atoms with Crippen LogP contribution in [0.25, 0.3) is 0 Å². The van der Waals surface area contributed by atoms with Crippen molar-refractivity contribution in [2.24, 2.45) is 5.73 Å². The number of nitrogens with zero attached hydrogens (tertiary/aromatic N) is 3. The van der Waals surface area contributed by atoms with Crippen LogP contribution in [0.1, 0.15) is 5.69 Å². The summed E-state index contributed by atoms with van der Waals surface area (Å²) in [6.45, 7) is 3.25. The summed E-state index contributed by atoms with van der Waals surface area (Å²) in [6.07, 6.45) is 1.64. The molecule has 1 rings (SSSR count). The minimum atomic E-state index is 0.276. The lowest BCUT2D eigenvalue weighted by Crippen LogP contribution is -2.28. The van der Waals surface area contributed by atoms with E-state index < -0.39 is 0 Å². The topological polar surface area (TPSA) is 76.3 Å². The van der Waals surface area contributed by atoms with E-state index >= 15 is 0 Å². The SMILES string of the molecule is COCCN(C)CCNc1nccc(C(N)=S)n1. The molecule has 0 saturated heterocycles. The molecule has 18 heavy (non-hydrogen) atoms. The summed E-state index contributed by atoms with van der Waals surface area (Å²) in [5, 5.41) is 3.13. The maximum absolute atomic E-state index is 5.51. The molecule has 0 aliphatic heterocycles. The Kier molecular flexibility index (Phi) is 6.48.